The number of benzene rings is 1. The van der Waals surface area contributed by atoms with Gasteiger partial charge in [0.05, 0.1) is 6.29 Å². The van der Waals surface area contributed by atoms with Gasteiger partial charge in [0.25, 0.3) is 0 Å². The fourth-order valence-corrected chi connectivity index (χ4v) is 1.61. The Morgan fingerprint density at radius 1 is 1.30 bits per heavy atom. The summed E-state index contributed by atoms with van der Waals surface area (Å²) in [5.41, 5.74) is 0.839. The van der Waals surface area contributed by atoms with E-state index in [0.29, 0.717) is 0 Å². The van der Waals surface area contributed by atoms with Gasteiger partial charge in [-0.1, -0.05) is 30.3 Å². The van der Waals surface area contributed by atoms with Gasteiger partial charge in [-0.3, -0.25) is 4.79 Å². The van der Waals surface area contributed by atoms with Crippen molar-refractivity contribution in [3.05, 3.63) is 35.9 Å². The Labute approximate surface area is 117 Å². The van der Waals surface area contributed by atoms with E-state index >= 15 is 0 Å². The Kier molecular flexibility index (Phi) is 6.93. The molecule has 0 fully saturated rings. The van der Waals surface area contributed by atoms with Crippen LogP contribution < -0.4 is 10.6 Å². The van der Waals surface area contributed by atoms with Crippen molar-refractivity contribution in [1.82, 2.24) is 10.6 Å². The highest BCUT2D eigenvalue weighted by Crippen LogP contribution is 2.19. The van der Waals surface area contributed by atoms with Crippen molar-refractivity contribution >= 4 is 20.4 Å². The van der Waals surface area contributed by atoms with E-state index in [4.69, 9.17) is 14.5 Å². The van der Waals surface area contributed by atoms with E-state index in [-0.39, 0.29) is 12.9 Å². The number of amides is 2. The van der Waals surface area contributed by atoms with Crippen LogP contribution in [0.4, 0.5) is 4.79 Å². The predicted octanol–water partition coefficient (Wildman–Crippen LogP) is 0.671. The maximum atomic E-state index is 11.5. The first-order valence-corrected chi connectivity index (χ1v) is 7.32. The lowest BCUT2D eigenvalue weighted by atomic mass is 10.2. The van der Waals surface area contributed by atoms with Crippen LogP contribution in [0, 0.1) is 0 Å². The summed E-state index contributed by atoms with van der Waals surface area (Å²) in [7, 11) is -2.19. The molecule has 2 amide bonds. The van der Waals surface area contributed by atoms with Crippen LogP contribution in [0.2, 0.25) is 0 Å². The van der Waals surface area contributed by atoms with Crippen molar-refractivity contribution in [3.63, 3.8) is 0 Å². The molecule has 0 aromatic heterocycles. The fourth-order valence-electron chi connectivity index (χ4n) is 1.31. The smallest absolute Gasteiger partial charge is 0.408 e. The molecule has 0 radical (unpaired) electrons. The highest BCUT2D eigenvalue weighted by atomic mass is 31.2. The van der Waals surface area contributed by atoms with Gasteiger partial charge >= 0.3 is 6.09 Å². The second-order valence-electron chi connectivity index (χ2n) is 4.00. The molecule has 0 saturated carbocycles. The molecule has 4 N–H and O–H groups in total. The van der Waals surface area contributed by atoms with Crippen molar-refractivity contribution in [1.29, 1.82) is 0 Å². The van der Waals surface area contributed by atoms with Crippen LogP contribution in [0.1, 0.15) is 12.5 Å². The molecule has 0 spiro atoms. The van der Waals surface area contributed by atoms with Gasteiger partial charge in [0, 0.05) is 0 Å². The molecule has 110 valence electrons. The van der Waals surface area contributed by atoms with Crippen molar-refractivity contribution in [3.8, 4) is 0 Å². The van der Waals surface area contributed by atoms with Gasteiger partial charge in [0.15, 0.2) is 8.38 Å². The SMILES string of the molecule is C[C@H](NC(=O)OCc1ccccc1)C(=O)NCP(O)O. The van der Waals surface area contributed by atoms with Crippen LogP contribution >= 0.6 is 8.38 Å². The third-order valence-corrected chi connectivity index (χ3v) is 2.78. The zero-order valence-corrected chi connectivity index (χ0v) is 11.8. The molecule has 1 rings (SSSR count). The standard InChI is InChI=1S/C12H17N2O5P/c1-9(11(15)13-8-20(17)18)14-12(16)19-7-10-5-3-2-4-6-10/h2-6,9,17-18H,7-8H2,1H3,(H,13,15)(H,14,16)/t9-/m0/s1. The maximum Gasteiger partial charge on any atom is 0.408 e. The summed E-state index contributed by atoms with van der Waals surface area (Å²) in [6, 6.07) is 8.31. The van der Waals surface area contributed by atoms with Gasteiger partial charge in [-0.25, -0.2) is 4.79 Å². The first-order chi connectivity index (χ1) is 9.49. The molecule has 0 heterocycles. The van der Waals surface area contributed by atoms with Gasteiger partial charge in [0.2, 0.25) is 5.91 Å². The van der Waals surface area contributed by atoms with Crippen LogP contribution in [-0.2, 0) is 16.1 Å². The monoisotopic (exact) mass is 300 g/mol. The molecule has 1 aromatic carbocycles. The minimum absolute atomic E-state index is 0.111. The van der Waals surface area contributed by atoms with Crippen LogP contribution in [0.15, 0.2) is 30.3 Å². The largest absolute Gasteiger partial charge is 0.445 e. The fraction of sp³-hybridized carbons (Fsp3) is 0.333. The topological polar surface area (TPSA) is 108 Å². The predicted molar refractivity (Wildman–Crippen MR) is 73.6 cm³/mol. The van der Waals surface area contributed by atoms with Crippen molar-refractivity contribution in [2.75, 3.05) is 6.29 Å². The quantitative estimate of drug-likeness (QED) is 0.578. The number of ether oxygens (including phenoxy) is 1. The average molecular weight is 300 g/mol. The highest BCUT2D eigenvalue weighted by Gasteiger charge is 2.16. The van der Waals surface area contributed by atoms with E-state index in [1.807, 2.05) is 30.3 Å². The molecule has 0 unspecified atom stereocenters. The lowest BCUT2D eigenvalue weighted by Crippen LogP contribution is -2.44. The minimum atomic E-state index is -2.19. The summed E-state index contributed by atoms with van der Waals surface area (Å²) >= 11 is 0. The Hall–Kier alpha value is -1.69. The summed E-state index contributed by atoms with van der Waals surface area (Å²) in [5.74, 6) is -0.516. The summed E-state index contributed by atoms with van der Waals surface area (Å²) in [6.07, 6.45) is -0.953. The van der Waals surface area contributed by atoms with Crippen LogP contribution in [0.5, 0.6) is 0 Å². The first-order valence-electron chi connectivity index (χ1n) is 5.89. The van der Waals surface area contributed by atoms with Gasteiger partial charge < -0.3 is 25.2 Å². The number of rotatable bonds is 6. The van der Waals surface area contributed by atoms with E-state index in [2.05, 4.69) is 10.6 Å². The molecule has 0 aliphatic heterocycles. The molecule has 0 saturated heterocycles. The van der Waals surface area contributed by atoms with Crippen LogP contribution in [-0.4, -0.2) is 34.1 Å². The maximum absolute atomic E-state index is 11.5. The zero-order chi connectivity index (χ0) is 15.0. The molecule has 8 heteroatoms. The van der Waals surface area contributed by atoms with Crippen molar-refractivity contribution in [2.45, 2.75) is 19.6 Å². The van der Waals surface area contributed by atoms with Gasteiger partial charge in [-0.15, -0.1) is 0 Å². The normalized spacial score (nSPS) is 11.8. The van der Waals surface area contributed by atoms with Gasteiger partial charge in [-0.05, 0) is 12.5 Å². The molecule has 20 heavy (non-hydrogen) atoms. The number of alkyl carbamates (subject to hydrolysis) is 1. The summed E-state index contributed by atoms with van der Waals surface area (Å²) in [6.45, 7) is 1.58. The number of carbonyl (C=O) groups excluding carboxylic acids is 2. The summed E-state index contributed by atoms with van der Waals surface area (Å²) in [4.78, 5) is 40.3. The number of hydrogen-bond acceptors (Lipinski definition) is 5. The second kappa shape index (κ2) is 8.47. The number of carbonyl (C=O) groups is 2. The van der Waals surface area contributed by atoms with Crippen LogP contribution in [0.3, 0.4) is 0 Å². The third-order valence-electron chi connectivity index (χ3n) is 2.34. The third kappa shape index (κ3) is 6.47. The Morgan fingerprint density at radius 3 is 2.55 bits per heavy atom. The van der Waals surface area contributed by atoms with Gasteiger partial charge in [0.1, 0.15) is 12.6 Å². The van der Waals surface area contributed by atoms with E-state index < -0.39 is 26.4 Å². The van der Waals surface area contributed by atoms with E-state index in [9.17, 15) is 9.59 Å². The van der Waals surface area contributed by atoms with Gasteiger partial charge in [-0.2, -0.15) is 0 Å². The minimum Gasteiger partial charge on any atom is -0.445 e. The van der Waals surface area contributed by atoms with Crippen molar-refractivity contribution in [2.24, 2.45) is 0 Å². The first kappa shape index (κ1) is 16.4. The number of nitrogens with one attached hydrogen (secondary N) is 2. The summed E-state index contributed by atoms with van der Waals surface area (Å²) < 4.78 is 4.95. The Bertz CT molecular complexity index is 441. The Morgan fingerprint density at radius 2 is 1.95 bits per heavy atom. The molecule has 0 bridgehead atoms. The molecule has 1 aromatic rings. The second-order valence-corrected chi connectivity index (χ2v) is 5.06. The molecule has 0 aliphatic rings. The Balaban J connectivity index is 2.29. The summed E-state index contributed by atoms with van der Waals surface area (Å²) in [5, 5.41) is 4.62. The number of hydrogen-bond donors (Lipinski definition) is 4. The average Bonchev–Trinajstić information content (AvgIpc) is 2.43. The molecular formula is C12H17N2O5P. The zero-order valence-electron chi connectivity index (χ0n) is 10.9. The molecule has 7 nitrogen and oxygen atoms in total. The lowest BCUT2D eigenvalue weighted by Gasteiger charge is -2.14. The van der Waals surface area contributed by atoms with E-state index in [1.54, 1.807) is 0 Å². The van der Waals surface area contributed by atoms with E-state index in [0.717, 1.165) is 5.56 Å². The van der Waals surface area contributed by atoms with Crippen LogP contribution in [0.25, 0.3) is 0 Å². The molecular weight excluding hydrogens is 283 g/mol. The van der Waals surface area contributed by atoms with E-state index in [1.165, 1.54) is 6.92 Å². The highest BCUT2D eigenvalue weighted by molar-refractivity contribution is 7.45. The lowest BCUT2D eigenvalue weighted by molar-refractivity contribution is -0.122. The molecule has 0 aliphatic carbocycles. The molecule has 1 atom stereocenters. The van der Waals surface area contributed by atoms with Crippen molar-refractivity contribution < 1.29 is 24.1 Å².